The second kappa shape index (κ2) is 5.66. The fraction of sp³-hybridized carbons (Fsp3) is 0.267. The van der Waals surface area contributed by atoms with Crippen LogP contribution in [0.15, 0.2) is 24.3 Å². The highest BCUT2D eigenvalue weighted by Gasteiger charge is 2.31. The number of fused-ring (bicyclic) bond motifs is 1. The van der Waals surface area contributed by atoms with Crippen molar-refractivity contribution in [2.75, 3.05) is 5.32 Å². The number of carbonyl (C=O) groups is 1. The number of alkyl halides is 3. The summed E-state index contributed by atoms with van der Waals surface area (Å²) in [7, 11) is 1.72. The van der Waals surface area contributed by atoms with Crippen LogP contribution in [0.25, 0.3) is 11.0 Å². The first-order chi connectivity index (χ1) is 11.3. The Morgan fingerprint density at radius 3 is 2.79 bits per heavy atom. The third kappa shape index (κ3) is 2.72. The second-order valence-corrected chi connectivity index (χ2v) is 5.25. The van der Waals surface area contributed by atoms with Crippen molar-refractivity contribution in [1.82, 2.24) is 20.0 Å². The lowest BCUT2D eigenvalue weighted by atomic mass is 10.1. The SMILES string of the molecule is CCc1nn(C)c2n[nH]c(NC(=O)c3cccc(C(F)(F)F)c3)c12. The predicted octanol–water partition coefficient (Wildman–Crippen LogP) is 3.13. The van der Waals surface area contributed by atoms with Gasteiger partial charge in [-0.05, 0) is 24.6 Å². The Labute approximate surface area is 134 Å². The minimum absolute atomic E-state index is 0.0884. The molecule has 24 heavy (non-hydrogen) atoms. The number of benzene rings is 1. The number of rotatable bonds is 3. The number of nitrogens with one attached hydrogen (secondary N) is 2. The van der Waals surface area contributed by atoms with Crippen LogP contribution >= 0.6 is 0 Å². The summed E-state index contributed by atoms with van der Waals surface area (Å²) in [6.45, 7) is 1.91. The Kier molecular flexibility index (Phi) is 3.78. The Bertz CT molecular complexity index is 910. The van der Waals surface area contributed by atoms with Crippen molar-refractivity contribution in [2.24, 2.45) is 7.05 Å². The predicted molar refractivity (Wildman–Crippen MR) is 81.6 cm³/mol. The normalized spacial score (nSPS) is 11.9. The molecule has 2 heterocycles. The molecule has 0 unspecified atom stereocenters. The summed E-state index contributed by atoms with van der Waals surface area (Å²) in [5.74, 6) is -0.338. The molecule has 2 aromatic heterocycles. The number of aryl methyl sites for hydroxylation is 2. The minimum Gasteiger partial charge on any atom is -0.306 e. The molecule has 0 fully saturated rings. The number of anilines is 1. The molecule has 1 aromatic carbocycles. The molecule has 3 rings (SSSR count). The number of amides is 1. The number of H-pyrrole nitrogens is 1. The second-order valence-electron chi connectivity index (χ2n) is 5.25. The van der Waals surface area contributed by atoms with Gasteiger partial charge < -0.3 is 5.32 Å². The zero-order chi connectivity index (χ0) is 17.5. The molecule has 126 valence electrons. The lowest BCUT2D eigenvalue weighted by Crippen LogP contribution is -2.14. The molecule has 6 nitrogen and oxygen atoms in total. The van der Waals surface area contributed by atoms with Gasteiger partial charge in [-0.3, -0.25) is 9.89 Å². The average molecular weight is 337 g/mol. The van der Waals surface area contributed by atoms with E-state index in [2.05, 4.69) is 20.6 Å². The zero-order valence-corrected chi connectivity index (χ0v) is 12.9. The van der Waals surface area contributed by atoms with Gasteiger partial charge in [0.2, 0.25) is 0 Å². The van der Waals surface area contributed by atoms with Gasteiger partial charge in [-0.2, -0.15) is 23.4 Å². The van der Waals surface area contributed by atoms with E-state index in [9.17, 15) is 18.0 Å². The lowest BCUT2D eigenvalue weighted by Gasteiger charge is -2.08. The molecule has 0 aliphatic rings. The van der Waals surface area contributed by atoms with Crippen LogP contribution in [0.4, 0.5) is 19.0 Å². The molecule has 3 aromatic rings. The molecule has 2 N–H and O–H groups in total. The summed E-state index contributed by atoms with van der Waals surface area (Å²) in [6.07, 6.45) is -3.88. The molecular weight excluding hydrogens is 323 g/mol. The van der Waals surface area contributed by atoms with E-state index in [0.29, 0.717) is 23.3 Å². The van der Waals surface area contributed by atoms with Crippen LogP contribution in [-0.4, -0.2) is 25.9 Å². The molecule has 0 saturated carbocycles. The molecule has 0 atom stereocenters. The fourth-order valence-corrected chi connectivity index (χ4v) is 2.48. The van der Waals surface area contributed by atoms with Gasteiger partial charge in [0, 0.05) is 12.6 Å². The topological polar surface area (TPSA) is 75.6 Å². The van der Waals surface area contributed by atoms with Gasteiger partial charge in [-0.1, -0.05) is 13.0 Å². The molecule has 9 heteroatoms. The van der Waals surface area contributed by atoms with E-state index in [1.165, 1.54) is 12.1 Å². The maximum atomic E-state index is 12.8. The van der Waals surface area contributed by atoms with Gasteiger partial charge in [0.05, 0.1) is 16.6 Å². The van der Waals surface area contributed by atoms with Gasteiger partial charge in [-0.25, -0.2) is 4.68 Å². The van der Waals surface area contributed by atoms with Crippen molar-refractivity contribution in [1.29, 1.82) is 0 Å². The molecule has 1 amide bonds. The monoisotopic (exact) mass is 337 g/mol. The highest BCUT2D eigenvalue weighted by molar-refractivity contribution is 6.08. The van der Waals surface area contributed by atoms with E-state index in [1.54, 1.807) is 11.7 Å². The summed E-state index contributed by atoms with van der Waals surface area (Å²) >= 11 is 0. The van der Waals surface area contributed by atoms with Gasteiger partial charge in [0.1, 0.15) is 5.82 Å². The number of hydrogen-bond donors (Lipinski definition) is 2. The molecule has 0 aliphatic carbocycles. The van der Waals surface area contributed by atoms with Gasteiger partial charge in [-0.15, -0.1) is 0 Å². The van der Waals surface area contributed by atoms with Crippen LogP contribution in [0.3, 0.4) is 0 Å². The molecular formula is C15H14F3N5O. The number of aromatic nitrogens is 4. The van der Waals surface area contributed by atoms with Crippen LogP contribution in [-0.2, 0) is 19.6 Å². The van der Waals surface area contributed by atoms with E-state index in [1.807, 2.05) is 6.92 Å². The van der Waals surface area contributed by atoms with Crippen molar-refractivity contribution < 1.29 is 18.0 Å². The van der Waals surface area contributed by atoms with Crippen LogP contribution in [0.2, 0.25) is 0 Å². The van der Waals surface area contributed by atoms with Crippen LogP contribution in [0.1, 0.15) is 28.5 Å². The van der Waals surface area contributed by atoms with Crippen LogP contribution in [0.5, 0.6) is 0 Å². The lowest BCUT2D eigenvalue weighted by molar-refractivity contribution is -0.137. The number of carbonyl (C=O) groups excluding carboxylic acids is 1. The maximum Gasteiger partial charge on any atom is 0.416 e. The van der Waals surface area contributed by atoms with Gasteiger partial charge >= 0.3 is 6.18 Å². The molecule has 0 spiro atoms. The number of hydrogen-bond acceptors (Lipinski definition) is 3. The summed E-state index contributed by atoms with van der Waals surface area (Å²) in [6, 6.07) is 4.25. The fourth-order valence-electron chi connectivity index (χ4n) is 2.48. The summed E-state index contributed by atoms with van der Waals surface area (Å²) in [5.41, 5.74) is 0.335. The van der Waals surface area contributed by atoms with E-state index in [4.69, 9.17) is 0 Å². The van der Waals surface area contributed by atoms with Crippen molar-refractivity contribution >= 4 is 22.8 Å². The van der Waals surface area contributed by atoms with Crippen molar-refractivity contribution in [2.45, 2.75) is 19.5 Å². The number of halogens is 3. The maximum absolute atomic E-state index is 12.8. The largest absolute Gasteiger partial charge is 0.416 e. The smallest absolute Gasteiger partial charge is 0.306 e. The molecule has 0 saturated heterocycles. The zero-order valence-electron chi connectivity index (χ0n) is 12.9. The van der Waals surface area contributed by atoms with Gasteiger partial charge in [0.15, 0.2) is 5.65 Å². The van der Waals surface area contributed by atoms with Crippen molar-refractivity contribution in [3.8, 4) is 0 Å². The summed E-state index contributed by atoms with van der Waals surface area (Å²) < 4.78 is 39.9. The third-order valence-corrected chi connectivity index (χ3v) is 3.64. The Morgan fingerprint density at radius 2 is 2.12 bits per heavy atom. The summed E-state index contributed by atoms with van der Waals surface area (Å²) in [4.78, 5) is 12.3. The summed E-state index contributed by atoms with van der Waals surface area (Å²) in [5, 5.41) is 14.3. The number of nitrogens with zero attached hydrogens (tertiary/aromatic N) is 3. The highest BCUT2D eigenvalue weighted by atomic mass is 19.4. The van der Waals surface area contributed by atoms with E-state index in [-0.39, 0.29) is 5.56 Å². The van der Waals surface area contributed by atoms with Crippen molar-refractivity contribution in [3.05, 3.63) is 41.1 Å². The average Bonchev–Trinajstić information content (AvgIpc) is 3.08. The van der Waals surface area contributed by atoms with Crippen LogP contribution < -0.4 is 5.32 Å². The first kappa shape index (κ1) is 16.0. The van der Waals surface area contributed by atoms with E-state index >= 15 is 0 Å². The first-order valence-electron chi connectivity index (χ1n) is 7.19. The molecule has 0 radical (unpaired) electrons. The van der Waals surface area contributed by atoms with E-state index in [0.717, 1.165) is 17.8 Å². The van der Waals surface area contributed by atoms with Crippen molar-refractivity contribution in [3.63, 3.8) is 0 Å². The van der Waals surface area contributed by atoms with Crippen LogP contribution in [0, 0.1) is 0 Å². The quantitative estimate of drug-likeness (QED) is 0.771. The molecule has 0 bridgehead atoms. The Balaban J connectivity index is 1.93. The number of aromatic amines is 1. The Morgan fingerprint density at radius 1 is 1.38 bits per heavy atom. The van der Waals surface area contributed by atoms with Gasteiger partial charge in [0.25, 0.3) is 5.91 Å². The standard InChI is InChI=1S/C15H14F3N5O/c1-3-10-11-12(20-21-13(11)23(2)22-10)19-14(24)8-5-4-6-9(7-8)15(16,17)18/h4-7H,3H2,1-2H3,(H2,19,20,21,24). The Hall–Kier alpha value is -2.84. The first-order valence-corrected chi connectivity index (χ1v) is 7.19. The minimum atomic E-state index is -4.50. The highest BCUT2D eigenvalue weighted by Crippen LogP contribution is 2.30. The third-order valence-electron chi connectivity index (χ3n) is 3.64. The molecule has 0 aliphatic heterocycles. The van der Waals surface area contributed by atoms with E-state index < -0.39 is 17.6 Å².